The summed E-state index contributed by atoms with van der Waals surface area (Å²) in [5.74, 6) is -0.429. The van der Waals surface area contributed by atoms with E-state index in [0.29, 0.717) is 23.6 Å². The second-order valence-corrected chi connectivity index (χ2v) is 3.90. The second-order valence-electron chi connectivity index (χ2n) is 3.49. The topological polar surface area (TPSA) is 76.0 Å². The van der Waals surface area contributed by atoms with Crippen LogP contribution in [0.5, 0.6) is 0 Å². The van der Waals surface area contributed by atoms with Crippen molar-refractivity contribution in [1.29, 1.82) is 0 Å². The van der Waals surface area contributed by atoms with Gasteiger partial charge in [0.15, 0.2) is 0 Å². The molecule has 0 radical (unpaired) electrons. The molecule has 1 aliphatic carbocycles. The molecule has 1 aromatic heterocycles. The van der Waals surface area contributed by atoms with Crippen LogP contribution in [0.2, 0.25) is 5.02 Å². The largest absolute Gasteiger partial charge is 0.369 e. The number of amides is 1. The molecule has 0 saturated heterocycles. The lowest BCUT2D eigenvalue weighted by atomic mass is 10.0. The highest BCUT2D eigenvalue weighted by atomic mass is 35.5. The van der Waals surface area contributed by atoms with Gasteiger partial charge in [-0.15, -0.1) is 0 Å². The van der Waals surface area contributed by atoms with Crippen molar-refractivity contribution < 1.29 is 4.79 Å². The summed E-state index contributed by atoms with van der Waals surface area (Å²) < 4.78 is 0. The molecular weight excluding hydrogens is 204 g/mol. The van der Waals surface area contributed by atoms with Crippen LogP contribution < -0.4 is 11.3 Å². The number of rotatable bonds is 2. The van der Waals surface area contributed by atoms with E-state index in [1.54, 1.807) is 0 Å². The molecule has 1 aromatic rings. The number of nitrogens with one attached hydrogen (secondary N) is 1. The number of aromatic nitrogens is 1. The Hall–Kier alpha value is -1.29. The lowest BCUT2D eigenvalue weighted by Gasteiger charge is -2.11. The van der Waals surface area contributed by atoms with Gasteiger partial charge in [-0.25, -0.2) is 0 Å². The van der Waals surface area contributed by atoms with Crippen molar-refractivity contribution in [2.45, 2.75) is 18.3 Å². The number of carbonyl (C=O) groups excluding carboxylic acids is 1. The quantitative estimate of drug-likeness (QED) is 0.751. The number of halogens is 1. The van der Waals surface area contributed by atoms with Crippen molar-refractivity contribution in [1.82, 2.24) is 4.98 Å². The van der Waals surface area contributed by atoms with Crippen molar-refractivity contribution in [2.24, 2.45) is 5.73 Å². The van der Waals surface area contributed by atoms with Gasteiger partial charge in [0.05, 0.1) is 16.1 Å². The molecule has 1 fully saturated rings. The fourth-order valence-corrected chi connectivity index (χ4v) is 1.84. The number of nitrogens with two attached hydrogens (primary N) is 1. The maximum atomic E-state index is 11.2. The van der Waals surface area contributed by atoms with Crippen molar-refractivity contribution in [2.75, 3.05) is 0 Å². The highest BCUT2D eigenvalue weighted by Crippen LogP contribution is 2.48. The summed E-state index contributed by atoms with van der Waals surface area (Å²) in [7, 11) is 0. The third-order valence-electron chi connectivity index (χ3n) is 2.57. The molecule has 0 bridgehead atoms. The molecule has 0 unspecified atom stereocenters. The second kappa shape index (κ2) is 2.85. The van der Waals surface area contributed by atoms with Crippen LogP contribution in [0.1, 0.15) is 18.5 Å². The van der Waals surface area contributed by atoms with Crippen LogP contribution in [0.3, 0.4) is 0 Å². The first kappa shape index (κ1) is 9.27. The van der Waals surface area contributed by atoms with E-state index in [9.17, 15) is 9.59 Å². The fraction of sp³-hybridized carbons (Fsp3) is 0.333. The van der Waals surface area contributed by atoms with E-state index < -0.39 is 11.3 Å². The molecule has 1 amide bonds. The highest BCUT2D eigenvalue weighted by Gasteiger charge is 2.52. The smallest absolute Gasteiger partial charge is 0.248 e. The van der Waals surface area contributed by atoms with E-state index in [4.69, 9.17) is 17.3 Å². The minimum absolute atomic E-state index is 0.267. The average molecular weight is 213 g/mol. The van der Waals surface area contributed by atoms with E-state index in [1.807, 2.05) is 0 Å². The number of hydrogen-bond acceptors (Lipinski definition) is 2. The summed E-state index contributed by atoms with van der Waals surface area (Å²) in [5.41, 5.74) is 4.73. The molecular formula is C9H9ClN2O2. The van der Waals surface area contributed by atoms with Crippen molar-refractivity contribution in [3.8, 4) is 0 Å². The van der Waals surface area contributed by atoms with Crippen LogP contribution in [0, 0.1) is 0 Å². The molecule has 5 heteroatoms. The van der Waals surface area contributed by atoms with E-state index in [2.05, 4.69) is 4.98 Å². The standard InChI is InChI=1S/C9H9ClN2O2/c10-5-1-2-6(13)12-7(5)9(3-4-9)8(11)14/h1-2H,3-4H2,(H2,11,14)(H,12,13). The highest BCUT2D eigenvalue weighted by molar-refractivity contribution is 6.31. The SMILES string of the molecule is NC(=O)C1(c2[nH]c(=O)ccc2Cl)CC1. The summed E-state index contributed by atoms with van der Waals surface area (Å²) in [6, 6.07) is 2.81. The van der Waals surface area contributed by atoms with Crippen molar-refractivity contribution >= 4 is 17.5 Å². The summed E-state index contributed by atoms with van der Waals surface area (Å²) in [6.07, 6.45) is 1.31. The van der Waals surface area contributed by atoms with Gasteiger partial charge >= 0.3 is 0 Å². The van der Waals surface area contributed by atoms with Gasteiger partial charge < -0.3 is 10.7 Å². The summed E-state index contributed by atoms with van der Waals surface area (Å²) in [5, 5.41) is 0.390. The fourth-order valence-electron chi connectivity index (χ4n) is 1.55. The molecule has 0 spiro atoms. The molecule has 3 N–H and O–H groups in total. The van der Waals surface area contributed by atoms with Gasteiger partial charge in [-0.05, 0) is 18.9 Å². The molecule has 4 nitrogen and oxygen atoms in total. The Kier molecular flexibility index (Phi) is 1.89. The summed E-state index contributed by atoms with van der Waals surface area (Å²) in [6.45, 7) is 0. The lowest BCUT2D eigenvalue weighted by Crippen LogP contribution is -2.31. The Morgan fingerprint density at radius 3 is 2.64 bits per heavy atom. The van der Waals surface area contributed by atoms with Crippen LogP contribution in [0.25, 0.3) is 0 Å². The van der Waals surface area contributed by atoms with Crippen LogP contribution in [-0.2, 0) is 10.2 Å². The maximum Gasteiger partial charge on any atom is 0.248 e. The van der Waals surface area contributed by atoms with Crippen molar-refractivity contribution in [3.05, 3.63) is 33.2 Å². The zero-order chi connectivity index (χ0) is 10.3. The molecule has 0 aromatic carbocycles. The number of carbonyl (C=O) groups is 1. The van der Waals surface area contributed by atoms with Gasteiger partial charge in [-0.2, -0.15) is 0 Å². The first-order chi connectivity index (χ1) is 6.56. The predicted octanol–water partition coefficient (Wildman–Crippen LogP) is 0.545. The Balaban J connectivity index is 2.56. The first-order valence-electron chi connectivity index (χ1n) is 4.25. The molecule has 1 saturated carbocycles. The Morgan fingerprint density at radius 2 is 2.14 bits per heavy atom. The van der Waals surface area contributed by atoms with Crippen LogP contribution in [-0.4, -0.2) is 10.9 Å². The van der Waals surface area contributed by atoms with E-state index in [-0.39, 0.29) is 5.56 Å². The molecule has 74 valence electrons. The van der Waals surface area contributed by atoms with E-state index in [0.717, 1.165) is 0 Å². The Bertz CT molecular complexity index is 448. The lowest BCUT2D eigenvalue weighted by molar-refractivity contribution is -0.120. The van der Waals surface area contributed by atoms with Gasteiger partial charge in [0.25, 0.3) is 0 Å². The van der Waals surface area contributed by atoms with Crippen LogP contribution in [0.15, 0.2) is 16.9 Å². The van der Waals surface area contributed by atoms with Gasteiger partial charge in [-0.3, -0.25) is 9.59 Å². The Labute approximate surface area is 85.1 Å². The third kappa shape index (κ3) is 1.23. The molecule has 14 heavy (non-hydrogen) atoms. The van der Waals surface area contributed by atoms with Gasteiger partial charge in [0, 0.05) is 6.07 Å². The van der Waals surface area contributed by atoms with Gasteiger partial charge in [0.2, 0.25) is 11.5 Å². The number of primary amides is 1. The molecule has 1 aliphatic rings. The Morgan fingerprint density at radius 1 is 1.50 bits per heavy atom. The minimum Gasteiger partial charge on any atom is -0.369 e. The number of pyridine rings is 1. The summed E-state index contributed by atoms with van der Waals surface area (Å²) in [4.78, 5) is 24.8. The molecule has 0 atom stereocenters. The number of aromatic amines is 1. The minimum atomic E-state index is -0.725. The molecule has 1 heterocycles. The monoisotopic (exact) mass is 212 g/mol. The van der Waals surface area contributed by atoms with E-state index >= 15 is 0 Å². The zero-order valence-electron chi connectivity index (χ0n) is 7.34. The van der Waals surface area contributed by atoms with E-state index in [1.165, 1.54) is 12.1 Å². The predicted molar refractivity (Wildman–Crippen MR) is 52.2 cm³/mol. The van der Waals surface area contributed by atoms with Gasteiger partial charge in [0.1, 0.15) is 0 Å². The molecule has 2 rings (SSSR count). The van der Waals surface area contributed by atoms with Crippen LogP contribution in [0.4, 0.5) is 0 Å². The third-order valence-corrected chi connectivity index (χ3v) is 2.88. The molecule has 0 aliphatic heterocycles. The van der Waals surface area contributed by atoms with Crippen LogP contribution >= 0.6 is 11.6 Å². The first-order valence-corrected chi connectivity index (χ1v) is 4.63. The summed E-state index contributed by atoms with van der Waals surface area (Å²) >= 11 is 5.89. The number of hydrogen-bond donors (Lipinski definition) is 2. The normalized spacial score (nSPS) is 17.8. The number of H-pyrrole nitrogens is 1. The van der Waals surface area contributed by atoms with Crippen molar-refractivity contribution in [3.63, 3.8) is 0 Å². The average Bonchev–Trinajstić information content (AvgIpc) is 2.90. The maximum absolute atomic E-state index is 11.2. The zero-order valence-corrected chi connectivity index (χ0v) is 8.10. The van der Waals surface area contributed by atoms with Gasteiger partial charge in [-0.1, -0.05) is 11.6 Å².